The van der Waals surface area contributed by atoms with Gasteiger partial charge in [-0.2, -0.15) is 0 Å². The summed E-state index contributed by atoms with van der Waals surface area (Å²) in [6, 6.07) is 12.5. The summed E-state index contributed by atoms with van der Waals surface area (Å²) in [6.45, 7) is -0.192. The summed E-state index contributed by atoms with van der Waals surface area (Å²) in [7, 11) is 3.37. The van der Waals surface area contributed by atoms with Crippen molar-refractivity contribution >= 4 is 5.91 Å². The normalized spacial score (nSPS) is 11.7. The number of aromatic nitrogens is 2. The predicted octanol–water partition coefficient (Wildman–Crippen LogP) is 2.85. The van der Waals surface area contributed by atoms with Crippen LogP contribution >= 0.6 is 0 Å². The number of nitrogens with one attached hydrogen (secondary N) is 1. The molecule has 2 aromatic carbocycles. The van der Waals surface area contributed by atoms with Crippen LogP contribution in [0.3, 0.4) is 0 Å². The highest BCUT2D eigenvalue weighted by Crippen LogP contribution is 2.26. The lowest BCUT2D eigenvalue weighted by molar-refractivity contribution is -0.123. The maximum atomic E-state index is 13.3. The number of hydrogen-bond acceptors (Lipinski definition) is 4. The number of carbonyl (C=O) groups excluding carboxylic acids is 1. The molecule has 0 aliphatic carbocycles. The summed E-state index contributed by atoms with van der Waals surface area (Å²) in [4.78, 5) is 16.8. The van der Waals surface area contributed by atoms with Gasteiger partial charge in [0, 0.05) is 19.4 Å². The van der Waals surface area contributed by atoms with Crippen LogP contribution in [0.4, 0.5) is 4.39 Å². The van der Waals surface area contributed by atoms with Gasteiger partial charge in [-0.15, -0.1) is 0 Å². The summed E-state index contributed by atoms with van der Waals surface area (Å²) >= 11 is 0. The van der Waals surface area contributed by atoms with Crippen molar-refractivity contribution in [3.05, 3.63) is 78.1 Å². The fraction of sp³-hybridized carbons (Fsp3) is 0.200. The molecule has 140 valence electrons. The van der Waals surface area contributed by atoms with E-state index in [0.717, 1.165) is 5.56 Å². The van der Waals surface area contributed by atoms with E-state index in [1.807, 2.05) is 13.1 Å². The fourth-order valence-electron chi connectivity index (χ4n) is 2.69. The molecule has 6 nitrogen and oxygen atoms in total. The second-order valence-corrected chi connectivity index (χ2v) is 5.89. The first-order valence-corrected chi connectivity index (χ1v) is 8.36. The first-order chi connectivity index (χ1) is 13.1. The third kappa shape index (κ3) is 4.44. The van der Waals surface area contributed by atoms with Crippen LogP contribution < -0.4 is 14.8 Å². The maximum Gasteiger partial charge on any atom is 0.258 e. The zero-order valence-electron chi connectivity index (χ0n) is 15.1. The number of halogens is 1. The number of methoxy groups -OCH3 is 1. The average Bonchev–Trinajstić information content (AvgIpc) is 3.11. The Morgan fingerprint density at radius 1 is 1.19 bits per heavy atom. The van der Waals surface area contributed by atoms with Crippen molar-refractivity contribution < 1.29 is 18.7 Å². The van der Waals surface area contributed by atoms with Crippen LogP contribution in [0, 0.1) is 5.82 Å². The lowest BCUT2D eigenvalue weighted by Gasteiger charge is -2.19. The third-order valence-corrected chi connectivity index (χ3v) is 4.05. The highest BCUT2D eigenvalue weighted by molar-refractivity contribution is 5.78. The van der Waals surface area contributed by atoms with E-state index in [1.165, 1.54) is 19.2 Å². The predicted molar refractivity (Wildman–Crippen MR) is 98.1 cm³/mol. The van der Waals surface area contributed by atoms with Crippen molar-refractivity contribution in [2.24, 2.45) is 7.05 Å². The first kappa shape index (κ1) is 18.4. The third-order valence-electron chi connectivity index (χ3n) is 4.05. The lowest BCUT2D eigenvalue weighted by atomic mass is 10.1. The Kier molecular flexibility index (Phi) is 5.71. The molecule has 0 aliphatic rings. The van der Waals surface area contributed by atoms with Crippen molar-refractivity contribution in [3.8, 4) is 11.5 Å². The van der Waals surface area contributed by atoms with Gasteiger partial charge in [0.15, 0.2) is 18.1 Å². The second kappa shape index (κ2) is 8.35. The Labute approximate surface area is 156 Å². The molecule has 1 unspecified atom stereocenters. The molecule has 1 heterocycles. The Morgan fingerprint density at radius 2 is 1.89 bits per heavy atom. The Morgan fingerprint density at radius 3 is 2.52 bits per heavy atom. The van der Waals surface area contributed by atoms with Gasteiger partial charge in [-0.05, 0) is 29.8 Å². The Bertz CT molecular complexity index is 909. The SMILES string of the molecule is COc1ccccc1OCC(=O)NC(c1ccc(F)cc1)c1nccn1C. The van der Waals surface area contributed by atoms with Crippen LogP contribution in [0.1, 0.15) is 17.4 Å². The van der Waals surface area contributed by atoms with E-state index in [1.54, 1.807) is 47.3 Å². The van der Waals surface area contributed by atoms with E-state index in [9.17, 15) is 9.18 Å². The summed E-state index contributed by atoms with van der Waals surface area (Å²) in [6.07, 6.45) is 3.42. The molecule has 3 aromatic rings. The Hall–Kier alpha value is -3.35. The van der Waals surface area contributed by atoms with Gasteiger partial charge in [0.2, 0.25) is 0 Å². The van der Waals surface area contributed by atoms with Gasteiger partial charge < -0.3 is 19.4 Å². The van der Waals surface area contributed by atoms with E-state index >= 15 is 0 Å². The fourth-order valence-corrected chi connectivity index (χ4v) is 2.69. The number of aryl methyl sites for hydroxylation is 1. The van der Waals surface area contributed by atoms with Gasteiger partial charge >= 0.3 is 0 Å². The molecule has 1 atom stereocenters. The van der Waals surface area contributed by atoms with Crippen LogP contribution in [-0.2, 0) is 11.8 Å². The number of nitrogens with zero attached hydrogens (tertiary/aromatic N) is 2. The van der Waals surface area contributed by atoms with Crippen molar-refractivity contribution in [1.82, 2.24) is 14.9 Å². The van der Waals surface area contributed by atoms with Crippen molar-refractivity contribution in [2.45, 2.75) is 6.04 Å². The van der Waals surface area contributed by atoms with Crippen LogP contribution in [0.25, 0.3) is 0 Å². The molecule has 27 heavy (non-hydrogen) atoms. The Balaban J connectivity index is 1.75. The minimum Gasteiger partial charge on any atom is -0.493 e. The number of ether oxygens (including phenoxy) is 2. The average molecular weight is 369 g/mol. The molecule has 7 heteroatoms. The summed E-state index contributed by atoms with van der Waals surface area (Å²) in [5.41, 5.74) is 0.719. The van der Waals surface area contributed by atoms with Crippen molar-refractivity contribution in [3.63, 3.8) is 0 Å². The largest absolute Gasteiger partial charge is 0.493 e. The summed E-state index contributed by atoms with van der Waals surface area (Å²) in [5, 5.41) is 2.89. The molecule has 0 aliphatic heterocycles. The number of amides is 1. The molecule has 0 bridgehead atoms. The maximum absolute atomic E-state index is 13.3. The smallest absolute Gasteiger partial charge is 0.258 e. The lowest BCUT2D eigenvalue weighted by Crippen LogP contribution is -2.34. The van der Waals surface area contributed by atoms with Gasteiger partial charge in [0.25, 0.3) is 5.91 Å². The zero-order valence-corrected chi connectivity index (χ0v) is 15.1. The molecular weight excluding hydrogens is 349 g/mol. The van der Waals surface area contributed by atoms with Gasteiger partial charge in [-0.25, -0.2) is 9.37 Å². The highest BCUT2D eigenvalue weighted by atomic mass is 19.1. The standard InChI is InChI=1S/C20H20FN3O3/c1-24-12-11-22-20(24)19(14-7-9-15(21)10-8-14)23-18(25)13-27-17-6-4-3-5-16(17)26-2/h3-12,19H,13H2,1-2H3,(H,23,25). The van der Waals surface area contributed by atoms with E-state index in [2.05, 4.69) is 10.3 Å². The number of rotatable bonds is 7. The second-order valence-electron chi connectivity index (χ2n) is 5.89. The molecule has 0 spiro atoms. The van der Waals surface area contributed by atoms with Gasteiger partial charge in [-0.1, -0.05) is 24.3 Å². The van der Waals surface area contributed by atoms with Crippen LogP contribution in [-0.4, -0.2) is 29.2 Å². The van der Waals surface area contributed by atoms with E-state index in [0.29, 0.717) is 17.3 Å². The summed E-state index contributed by atoms with van der Waals surface area (Å²) < 4.78 is 25.9. The number of para-hydroxylation sites is 2. The molecule has 1 amide bonds. The molecule has 3 rings (SSSR count). The number of hydrogen-bond donors (Lipinski definition) is 1. The van der Waals surface area contributed by atoms with Crippen molar-refractivity contribution in [2.75, 3.05) is 13.7 Å². The highest BCUT2D eigenvalue weighted by Gasteiger charge is 2.21. The molecule has 0 fully saturated rings. The summed E-state index contributed by atoms with van der Waals surface area (Å²) in [5.74, 6) is 0.976. The molecule has 1 N–H and O–H groups in total. The number of benzene rings is 2. The molecular formula is C20H20FN3O3. The first-order valence-electron chi connectivity index (χ1n) is 8.36. The van der Waals surface area contributed by atoms with Gasteiger partial charge in [0.05, 0.1) is 7.11 Å². The number of carbonyl (C=O) groups is 1. The van der Waals surface area contributed by atoms with E-state index in [4.69, 9.17) is 9.47 Å². The van der Waals surface area contributed by atoms with E-state index in [-0.39, 0.29) is 18.3 Å². The van der Waals surface area contributed by atoms with Crippen LogP contribution in [0.2, 0.25) is 0 Å². The molecule has 0 saturated carbocycles. The minimum atomic E-state index is -0.528. The molecule has 0 saturated heterocycles. The molecule has 0 radical (unpaired) electrons. The van der Waals surface area contributed by atoms with Gasteiger partial charge in [-0.3, -0.25) is 4.79 Å². The van der Waals surface area contributed by atoms with Crippen LogP contribution in [0.15, 0.2) is 60.9 Å². The minimum absolute atomic E-state index is 0.192. The quantitative estimate of drug-likeness (QED) is 0.696. The monoisotopic (exact) mass is 369 g/mol. The number of imidazole rings is 1. The zero-order chi connectivity index (χ0) is 19.2. The van der Waals surface area contributed by atoms with Crippen molar-refractivity contribution in [1.29, 1.82) is 0 Å². The van der Waals surface area contributed by atoms with E-state index < -0.39 is 6.04 Å². The van der Waals surface area contributed by atoms with Crippen LogP contribution in [0.5, 0.6) is 11.5 Å². The topological polar surface area (TPSA) is 65.4 Å². The molecule has 1 aromatic heterocycles. The van der Waals surface area contributed by atoms with Gasteiger partial charge in [0.1, 0.15) is 17.7 Å².